The van der Waals surface area contributed by atoms with Crippen molar-refractivity contribution in [1.82, 2.24) is 15.5 Å². The molecular formula is C23H28Cl2N4O. The minimum atomic E-state index is 0.231. The van der Waals surface area contributed by atoms with E-state index in [0.717, 1.165) is 25.1 Å². The van der Waals surface area contributed by atoms with Crippen LogP contribution in [0.15, 0.2) is 53.5 Å². The number of halogens is 2. The van der Waals surface area contributed by atoms with Crippen LogP contribution in [0.3, 0.4) is 0 Å². The van der Waals surface area contributed by atoms with Crippen LogP contribution in [0.1, 0.15) is 17.5 Å². The fourth-order valence-electron chi connectivity index (χ4n) is 3.65. The molecule has 3 rings (SSSR count). The number of aliphatic imine (C=N–C) groups is 1. The maximum Gasteiger partial charge on any atom is 0.223 e. The molecule has 1 saturated heterocycles. The Morgan fingerprint density at radius 3 is 2.50 bits per heavy atom. The quantitative estimate of drug-likeness (QED) is 0.478. The second-order valence-electron chi connectivity index (χ2n) is 7.48. The standard InChI is InChI=1S/C23H28Cl2N4O/c1-26-23(27-12-10-19-20(24)8-5-9-21(19)25)28-15-18-14-22(30)29(16-18)13-11-17-6-3-2-4-7-17/h2-9,18H,10-16H2,1H3,(H2,26,27,28). The summed E-state index contributed by atoms with van der Waals surface area (Å²) in [6.07, 6.45) is 2.17. The van der Waals surface area contributed by atoms with Gasteiger partial charge in [0, 0.05) is 55.6 Å². The van der Waals surface area contributed by atoms with E-state index in [4.69, 9.17) is 23.2 Å². The first-order valence-corrected chi connectivity index (χ1v) is 11.0. The van der Waals surface area contributed by atoms with Crippen molar-refractivity contribution in [3.05, 3.63) is 69.7 Å². The second-order valence-corrected chi connectivity index (χ2v) is 8.29. The summed E-state index contributed by atoms with van der Waals surface area (Å²) in [4.78, 5) is 18.6. The summed E-state index contributed by atoms with van der Waals surface area (Å²) in [5.41, 5.74) is 2.19. The van der Waals surface area contributed by atoms with Gasteiger partial charge >= 0.3 is 0 Å². The van der Waals surface area contributed by atoms with Gasteiger partial charge in [0.1, 0.15) is 0 Å². The molecule has 5 nitrogen and oxygen atoms in total. The molecule has 1 aliphatic rings. The molecule has 2 N–H and O–H groups in total. The SMILES string of the molecule is CN=C(NCCc1c(Cl)cccc1Cl)NCC1CC(=O)N(CCc2ccccc2)C1. The number of hydrogen-bond donors (Lipinski definition) is 2. The van der Waals surface area contributed by atoms with Crippen LogP contribution in [0.5, 0.6) is 0 Å². The number of likely N-dealkylation sites (tertiary alicyclic amines) is 1. The molecule has 1 heterocycles. The molecule has 0 aromatic heterocycles. The highest BCUT2D eigenvalue weighted by Gasteiger charge is 2.29. The third kappa shape index (κ3) is 6.38. The molecule has 160 valence electrons. The van der Waals surface area contributed by atoms with Crippen LogP contribution in [0.2, 0.25) is 10.0 Å². The predicted octanol–water partition coefficient (Wildman–Crippen LogP) is 3.79. The summed E-state index contributed by atoms with van der Waals surface area (Å²) in [6.45, 7) is 2.92. The lowest BCUT2D eigenvalue weighted by atomic mass is 10.1. The highest BCUT2D eigenvalue weighted by molar-refractivity contribution is 6.36. The molecule has 7 heteroatoms. The first kappa shape index (κ1) is 22.4. The Hall–Kier alpha value is -2.24. The predicted molar refractivity (Wildman–Crippen MR) is 124 cm³/mol. The summed E-state index contributed by atoms with van der Waals surface area (Å²) in [7, 11) is 1.74. The van der Waals surface area contributed by atoms with Crippen molar-refractivity contribution in [3.63, 3.8) is 0 Å². The van der Waals surface area contributed by atoms with E-state index in [0.29, 0.717) is 41.9 Å². The van der Waals surface area contributed by atoms with E-state index < -0.39 is 0 Å². The van der Waals surface area contributed by atoms with Crippen molar-refractivity contribution in [2.45, 2.75) is 19.3 Å². The number of nitrogens with zero attached hydrogens (tertiary/aromatic N) is 2. The minimum absolute atomic E-state index is 0.231. The molecule has 1 unspecified atom stereocenters. The number of amides is 1. The molecule has 0 aliphatic carbocycles. The number of carbonyl (C=O) groups is 1. The number of rotatable bonds is 8. The molecule has 0 spiro atoms. The first-order chi connectivity index (χ1) is 14.6. The molecule has 1 atom stereocenters. The van der Waals surface area contributed by atoms with Crippen LogP contribution in [0.4, 0.5) is 0 Å². The van der Waals surface area contributed by atoms with Crippen molar-refractivity contribution < 1.29 is 4.79 Å². The van der Waals surface area contributed by atoms with E-state index in [9.17, 15) is 4.79 Å². The summed E-state index contributed by atoms with van der Waals surface area (Å²) in [5, 5.41) is 7.97. The van der Waals surface area contributed by atoms with Gasteiger partial charge in [-0.1, -0.05) is 59.6 Å². The smallest absolute Gasteiger partial charge is 0.223 e. The van der Waals surface area contributed by atoms with Gasteiger partial charge < -0.3 is 15.5 Å². The molecule has 1 aliphatic heterocycles. The molecule has 1 fully saturated rings. The largest absolute Gasteiger partial charge is 0.356 e. The van der Waals surface area contributed by atoms with Gasteiger partial charge in [-0.25, -0.2) is 0 Å². The maximum absolute atomic E-state index is 12.3. The first-order valence-electron chi connectivity index (χ1n) is 10.3. The molecular weight excluding hydrogens is 419 g/mol. The molecule has 0 radical (unpaired) electrons. The molecule has 2 aromatic carbocycles. The van der Waals surface area contributed by atoms with Gasteiger partial charge in [-0.3, -0.25) is 9.79 Å². The maximum atomic E-state index is 12.3. The third-order valence-corrected chi connectivity index (χ3v) is 6.03. The summed E-state index contributed by atoms with van der Waals surface area (Å²) >= 11 is 12.4. The Morgan fingerprint density at radius 1 is 1.07 bits per heavy atom. The van der Waals surface area contributed by atoms with Crippen LogP contribution >= 0.6 is 23.2 Å². The van der Waals surface area contributed by atoms with Crippen LogP contribution in [0, 0.1) is 5.92 Å². The minimum Gasteiger partial charge on any atom is -0.356 e. The average molecular weight is 447 g/mol. The third-order valence-electron chi connectivity index (χ3n) is 5.32. The Bertz CT molecular complexity index is 853. The second kappa shape index (κ2) is 11.2. The van der Waals surface area contributed by atoms with E-state index in [-0.39, 0.29) is 11.8 Å². The topological polar surface area (TPSA) is 56.7 Å². The van der Waals surface area contributed by atoms with Gasteiger partial charge in [0.05, 0.1) is 0 Å². The molecule has 0 saturated carbocycles. The van der Waals surface area contributed by atoms with Crippen molar-refractivity contribution in [2.24, 2.45) is 10.9 Å². The lowest BCUT2D eigenvalue weighted by Crippen LogP contribution is -2.41. The van der Waals surface area contributed by atoms with E-state index in [1.165, 1.54) is 5.56 Å². The average Bonchev–Trinajstić information content (AvgIpc) is 3.11. The van der Waals surface area contributed by atoms with Gasteiger partial charge in [-0.2, -0.15) is 0 Å². The fourth-order valence-corrected chi connectivity index (χ4v) is 4.24. The van der Waals surface area contributed by atoms with E-state index >= 15 is 0 Å². The summed E-state index contributed by atoms with van der Waals surface area (Å²) < 4.78 is 0. The van der Waals surface area contributed by atoms with Gasteiger partial charge in [-0.05, 0) is 36.1 Å². The molecule has 2 aromatic rings. The van der Waals surface area contributed by atoms with Crippen LogP contribution < -0.4 is 10.6 Å². The molecule has 30 heavy (non-hydrogen) atoms. The highest BCUT2D eigenvalue weighted by Crippen LogP contribution is 2.24. The van der Waals surface area contributed by atoms with Crippen molar-refractivity contribution in [2.75, 3.05) is 33.2 Å². The zero-order chi connectivity index (χ0) is 21.3. The zero-order valence-electron chi connectivity index (χ0n) is 17.2. The molecule has 1 amide bonds. The number of hydrogen-bond acceptors (Lipinski definition) is 2. The Balaban J connectivity index is 1.40. The zero-order valence-corrected chi connectivity index (χ0v) is 18.7. The lowest BCUT2D eigenvalue weighted by Gasteiger charge is -2.18. The number of benzene rings is 2. The van der Waals surface area contributed by atoms with Gasteiger partial charge in [0.15, 0.2) is 5.96 Å². The van der Waals surface area contributed by atoms with Crippen molar-refractivity contribution >= 4 is 35.1 Å². The van der Waals surface area contributed by atoms with Crippen LogP contribution in [-0.2, 0) is 17.6 Å². The van der Waals surface area contributed by atoms with E-state index in [1.54, 1.807) is 7.05 Å². The van der Waals surface area contributed by atoms with Crippen molar-refractivity contribution in [3.8, 4) is 0 Å². The Kier molecular flexibility index (Phi) is 8.40. The van der Waals surface area contributed by atoms with Gasteiger partial charge in [0.25, 0.3) is 0 Å². The monoisotopic (exact) mass is 446 g/mol. The summed E-state index contributed by atoms with van der Waals surface area (Å²) in [5.74, 6) is 1.23. The highest BCUT2D eigenvalue weighted by atomic mass is 35.5. The molecule has 0 bridgehead atoms. The van der Waals surface area contributed by atoms with Crippen molar-refractivity contribution in [1.29, 1.82) is 0 Å². The Morgan fingerprint density at radius 2 is 1.80 bits per heavy atom. The Labute approximate surface area is 188 Å². The number of guanidine groups is 1. The number of carbonyl (C=O) groups excluding carboxylic acids is 1. The van der Waals surface area contributed by atoms with Gasteiger partial charge in [-0.15, -0.1) is 0 Å². The van der Waals surface area contributed by atoms with E-state index in [2.05, 4.69) is 27.8 Å². The summed E-state index contributed by atoms with van der Waals surface area (Å²) in [6, 6.07) is 15.8. The van der Waals surface area contributed by atoms with Crippen LogP contribution in [-0.4, -0.2) is 50.0 Å². The fraction of sp³-hybridized carbons (Fsp3) is 0.391. The normalized spacial score (nSPS) is 16.8. The van der Waals surface area contributed by atoms with Gasteiger partial charge in [0.2, 0.25) is 5.91 Å². The lowest BCUT2D eigenvalue weighted by molar-refractivity contribution is -0.127. The van der Waals surface area contributed by atoms with E-state index in [1.807, 2.05) is 41.3 Å². The van der Waals surface area contributed by atoms with Crippen LogP contribution in [0.25, 0.3) is 0 Å². The number of nitrogens with one attached hydrogen (secondary N) is 2.